The number of pyridine rings is 1. The number of aryl methyl sites for hydroxylation is 1. The zero-order valence-electron chi connectivity index (χ0n) is 11.5. The van der Waals surface area contributed by atoms with Gasteiger partial charge in [-0.25, -0.2) is 0 Å². The van der Waals surface area contributed by atoms with Crippen molar-refractivity contribution < 1.29 is 4.79 Å². The van der Waals surface area contributed by atoms with Crippen molar-refractivity contribution in [2.45, 2.75) is 6.92 Å². The van der Waals surface area contributed by atoms with E-state index in [1.807, 2.05) is 23.6 Å². The van der Waals surface area contributed by atoms with Gasteiger partial charge in [-0.1, -0.05) is 29.8 Å². The lowest BCUT2D eigenvalue weighted by Crippen LogP contribution is -2.11. The predicted molar refractivity (Wildman–Crippen MR) is 86.7 cm³/mol. The zero-order valence-corrected chi connectivity index (χ0v) is 12.4. The number of nitrogens with zero attached hydrogens (tertiary/aromatic N) is 1. The van der Waals surface area contributed by atoms with Crippen LogP contribution in [0.25, 0.3) is 11.1 Å². The number of amides is 1. The van der Waals surface area contributed by atoms with Crippen LogP contribution in [0.15, 0.2) is 60.2 Å². The van der Waals surface area contributed by atoms with Crippen LogP contribution in [-0.4, -0.2) is 10.9 Å². The standard InChI is InChI=1S/C17H14N2OS/c1-12-2-4-13(5-3-12)15-8-11-21-16(15)17(20)19-14-6-9-18-10-7-14/h2-11H,1H3,(H,18,19,20). The molecule has 3 nitrogen and oxygen atoms in total. The minimum atomic E-state index is -0.0909. The molecular weight excluding hydrogens is 280 g/mol. The summed E-state index contributed by atoms with van der Waals surface area (Å²) in [6.07, 6.45) is 3.32. The molecule has 2 heterocycles. The van der Waals surface area contributed by atoms with E-state index in [0.717, 1.165) is 21.7 Å². The Labute approximate surface area is 127 Å². The van der Waals surface area contributed by atoms with Crippen LogP contribution >= 0.6 is 11.3 Å². The number of benzene rings is 1. The Morgan fingerprint density at radius 1 is 1.05 bits per heavy atom. The molecule has 0 spiro atoms. The fourth-order valence-electron chi connectivity index (χ4n) is 2.07. The lowest BCUT2D eigenvalue weighted by atomic mass is 10.0. The van der Waals surface area contributed by atoms with Gasteiger partial charge < -0.3 is 5.32 Å². The van der Waals surface area contributed by atoms with Crippen LogP contribution in [0, 0.1) is 6.92 Å². The topological polar surface area (TPSA) is 42.0 Å². The van der Waals surface area contributed by atoms with Crippen LogP contribution in [0.3, 0.4) is 0 Å². The molecule has 0 aliphatic heterocycles. The van der Waals surface area contributed by atoms with E-state index < -0.39 is 0 Å². The van der Waals surface area contributed by atoms with Crippen LogP contribution in [0.4, 0.5) is 5.69 Å². The second-order valence-corrected chi connectivity index (χ2v) is 5.64. The Bertz CT molecular complexity index is 748. The van der Waals surface area contributed by atoms with Gasteiger partial charge in [-0.3, -0.25) is 9.78 Å². The molecule has 1 aromatic carbocycles. The van der Waals surface area contributed by atoms with E-state index in [-0.39, 0.29) is 5.91 Å². The van der Waals surface area contributed by atoms with E-state index in [1.165, 1.54) is 16.9 Å². The molecule has 3 aromatic rings. The van der Waals surface area contributed by atoms with E-state index in [0.29, 0.717) is 0 Å². The van der Waals surface area contributed by atoms with Crippen molar-refractivity contribution in [3.63, 3.8) is 0 Å². The molecule has 0 atom stereocenters. The number of thiophene rings is 1. The number of aromatic nitrogens is 1. The van der Waals surface area contributed by atoms with Crippen LogP contribution < -0.4 is 5.32 Å². The summed E-state index contributed by atoms with van der Waals surface area (Å²) in [7, 11) is 0. The highest BCUT2D eigenvalue weighted by atomic mass is 32.1. The number of hydrogen-bond donors (Lipinski definition) is 1. The predicted octanol–water partition coefficient (Wildman–Crippen LogP) is 4.37. The summed E-state index contributed by atoms with van der Waals surface area (Å²) in [5.74, 6) is -0.0909. The van der Waals surface area contributed by atoms with Crippen molar-refractivity contribution >= 4 is 22.9 Å². The molecule has 0 radical (unpaired) electrons. The van der Waals surface area contributed by atoms with Gasteiger partial charge in [-0.05, 0) is 36.1 Å². The van der Waals surface area contributed by atoms with Gasteiger partial charge in [-0.15, -0.1) is 11.3 Å². The smallest absolute Gasteiger partial charge is 0.266 e. The first-order valence-corrected chi connectivity index (χ1v) is 7.48. The molecule has 1 N–H and O–H groups in total. The molecule has 21 heavy (non-hydrogen) atoms. The van der Waals surface area contributed by atoms with Crippen LogP contribution in [0.2, 0.25) is 0 Å². The maximum atomic E-state index is 12.4. The van der Waals surface area contributed by atoms with Crippen LogP contribution in [0.1, 0.15) is 15.2 Å². The monoisotopic (exact) mass is 294 g/mol. The van der Waals surface area contributed by atoms with E-state index in [9.17, 15) is 4.79 Å². The molecule has 0 saturated heterocycles. The average Bonchev–Trinajstić information content (AvgIpc) is 2.98. The molecule has 0 aliphatic rings. The summed E-state index contributed by atoms with van der Waals surface area (Å²) >= 11 is 1.45. The maximum Gasteiger partial charge on any atom is 0.266 e. The van der Waals surface area contributed by atoms with E-state index in [4.69, 9.17) is 0 Å². The van der Waals surface area contributed by atoms with Gasteiger partial charge in [0, 0.05) is 23.6 Å². The second-order valence-electron chi connectivity index (χ2n) is 4.72. The SMILES string of the molecule is Cc1ccc(-c2ccsc2C(=O)Nc2ccncc2)cc1. The number of carbonyl (C=O) groups is 1. The number of rotatable bonds is 3. The number of nitrogens with one attached hydrogen (secondary N) is 1. The first-order chi connectivity index (χ1) is 10.2. The highest BCUT2D eigenvalue weighted by Crippen LogP contribution is 2.29. The first-order valence-electron chi connectivity index (χ1n) is 6.60. The average molecular weight is 294 g/mol. The Balaban J connectivity index is 1.88. The van der Waals surface area contributed by atoms with Crippen molar-refractivity contribution in [2.75, 3.05) is 5.32 Å². The summed E-state index contributed by atoms with van der Waals surface area (Å²) in [6, 6.07) is 13.7. The normalized spacial score (nSPS) is 10.3. The van der Waals surface area contributed by atoms with Gasteiger partial charge in [0.2, 0.25) is 0 Å². The van der Waals surface area contributed by atoms with Gasteiger partial charge in [0.25, 0.3) is 5.91 Å². The summed E-state index contributed by atoms with van der Waals surface area (Å²) in [5, 5.41) is 4.84. The summed E-state index contributed by atoms with van der Waals surface area (Å²) < 4.78 is 0. The maximum absolute atomic E-state index is 12.4. The van der Waals surface area contributed by atoms with Gasteiger partial charge in [0.15, 0.2) is 0 Å². The number of carbonyl (C=O) groups excluding carboxylic acids is 1. The van der Waals surface area contributed by atoms with E-state index in [1.54, 1.807) is 24.5 Å². The highest BCUT2D eigenvalue weighted by molar-refractivity contribution is 7.12. The third-order valence-electron chi connectivity index (χ3n) is 3.17. The van der Waals surface area contributed by atoms with Crippen molar-refractivity contribution in [1.82, 2.24) is 4.98 Å². The number of hydrogen-bond acceptors (Lipinski definition) is 3. The molecule has 0 unspecified atom stereocenters. The molecule has 3 rings (SSSR count). The molecule has 0 fully saturated rings. The quantitative estimate of drug-likeness (QED) is 0.779. The van der Waals surface area contributed by atoms with Crippen LogP contribution in [-0.2, 0) is 0 Å². The Morgan fingerprint density at radius 2 is 1.76 bits per heavy atom. The molecule has 4 heteroatoms. The zero-order chi connectivity index (χ0) is 14.7. The minimum absolute atomic E-state index is 0.0909. The van der Waals surface area contributed by atoms with E-state index in [2.05, 4.69) is 29.4 Å². The largest absolute Gasteiger partial charge is 0.321 e. The second kappa shape index (κ2) is 5.89. The molecule has 0 aliphatic carbocycles. The van der Waals surface area contributed by atoms with Crippen molar-refractivity contribution in [3.05, 3.63) is 70.7 Å². The van der Waals surface area contributed by atoms with E-state index >= 15 is 0 Å². The van der Waals surface area contributed by atoms with Gasteiger partial charge in [-0.2, -0.15) is 0 Å². The van der Waals surface area contributed by atoms with Crippen molar-refractivity contribution in [1.29, 1.82) is 0 Å². The summed E-state index contributed by atoms with van der Waals surface area (Å²) in [5.41, 5.74) is 3.98. The lowest BCUT2D eigenvalue weighted by Gasteiger charge is -2.06. The summed E-state index contributed by atoms with van der Waals surface area (Å²) in [6.45, 7) is 2.05. The molecule has 0 saturated carbocycles. The Hall–Kier alpha value is -2.46. The molecular formula is C17H14N2OS. The molecule has 0 bridgehead atoms. The molecule has 2 aromatic heterocycles. The van der Waals surface area contributed by atoms with Crippen LogP contribution in [0.5, 0.6) is 0 Å². The van der Waals surface area contributed by atoms with Gasteiger partial charge >= 0.3 is 0 Å². The lowest BCUT2D eigenvalue weighted by molar-refractivity contribution is 0.103. The summed E-state index contributed by atoms with van der Waals surface area (Å²) in [4.78, 5) is 17.1. The third-order valence-corrected chi connectivity index (χ3v) is 4.09. The molecule has 104 valence electrons. The third kappa shape index (κ3) is 3.01. The minimum Gasteiger partial charge on any atom is -0.321 e. The van der Waals surface area contributed by atoms with Crippen molar-refractivity contribution in [2.24, 2.45) is 0 Å². The fraction of sp³-hybridized carbons (Fsp3) is 0.0588. The fourth-order valence-corrected chi connectivity index (χ4v) is 2.88. The highest BCUT2D eigenvalue weighted by Gasteiger charge is 2.14. The van der Waals surface area contributed by atoms with Crippen molar-refractivity contribution in [3.8, 4) is 11.1 Å². The Morgan fingerprint density at radius 3 is 2.48 bits per heavy atom. The van der Waals surface area contributed by atoms with Gasteiger partial charge in [0.05, 0.1) is 4.88 Å². The molecule has 1 amide bonds. The number of anilines is 1. The van der Waals surface area contributed by atoms with Gasteiger partial charge in [0.1, 0.15) is 0 Å². The first kappa shape index (κ1) is 13.5. The Kier molecular flexibility index (Phi) is 3.79.